The maximum Gasteiger partial charge on any atom is 0.161 e. The van der Waals surface area contributed by atoms with Gasteiger partial charge in [-0.05, 0) is 24.1 Å². The Balaban J connectivity index is 2.20. The molecule has 3 nitrogen and oxygen atoms in total. The van der Waals surface area contributed by atoms with Crippen molar-refractivity contribution in [1.29, 1.82) is 0 Å². The summed E-state index contributed by atoms with van der Waals surface area (Å²) in [5, 5.41) is 9.74. The number of aliphatic hydroxyl groups is 1. The summed E-state index contributed by atoms with van der Waals surface area (Å²) in [6.07, 6.45) is 0.0135. The number of halogens is 1. The largest absolute Gasteiger partial charge is 0.486 e. The summed E-state index contributed by atoms with van der Waals surface area (Å²) in [6, 6.07) is 5.47. The van der Waals surface area contributed by atoms with Gasteiger partial charge in [-0.15, -0.1) is 11.6 Å². The van der Waals surface area contributed by atoms with E-state index in [4.69, 9.17) is 21.1 Å². The van der Waals surface area contributed by atoms with Gasteiger partial charge < -0.3 is 14.6 Å². The Kier molecular flexibility index (Phi) is 3.34. The van der Waals surface area contributed by atoms with Gasteiger partial charge >= 0.3 is 0 Å². The summed E-state index contributed by atoms with van der Waals surface area (Å²) in [5.74, 6) is 1.88. The first-order valence-corrected chi connectivity index (χ1v) is 5.48. The van der Waals surface area contributed by atoms with Crippen LogP contribution in [0.4, 0.5) is 0 Å². The van der Waals surface area contributed by atoms with Gasteiger partial charge in [0.05, 0.1) is 6.10 Å². The second kappa shape index (κ2) is 4.73. The minimum Gasteiger partial charge on any atom is -0.486 e. The first-order chi connectivity index (χ1) is 7.31. The van der Waals surface area contributed by atoms with E-state index in [1.165, 1.54) is 0 Å². The Morgan fingerprint density at radius 1 is 1.27 bits per heavy atom. The molecule has 0 spiro atoms. The van der Waals surface area contributed by atoms with E-state index in [1.807, 2.05) is 18.2 Å². The van der Waals surface area contributed by atoms with Crippen molar-refractivity contribution in [3.8, 4) is 11.5 Å². The van der Waals surface area contributed by atoms with Gasteiger partial charge in [0.15, 0.2) is 11.5 Å². The second-order valence-electron chi connectivity index (χ2n) is 3.40. The third-order valence-electron chi connectivity index (χ3n) is 2.33. The molecule has 0 amide bonds. The van der Waals surface area contributed by atoms with E-state index >= 15 is 0 Å². The maximum absolute atomic E-state index is 9.74. The highest BCUT2D eigenvalue weighted by Gasteiger charge is 2.14. The molecular formula is C11H13ClO3. The predicted octanol–water partition coefficient (Wildman–Crippen LogP) is 2.12. The molecule has 0 radical (unpaired) electrons. The van der Waals surface area contributed by atoms with Crippen LogP contribution in [-0.4, -0.2) is 24.2 Å². The molecule has 0 fully saturated rings. The van der Waals surface area contributed by atoms with Crippen LogP contribution in [0.5, 0.6) is 11.5 Å². The van der Waals surface area contributed by atoms with Crippen molar-refractivity contribution in [2.45, 2.75) is 12.5 Å². The molecule has 1 N–H and O–H groups in total. The minimum absolute atomic E-state index is 0.440. The van der Waals surface area contributed by atoms with Crippen LogP contribution in [0, 0.1) is 0 Å². The van der Waals surface area contributed by atoms with E-state index in [-0.39, 0.29) is 0 Å². The number of alkyl halides is 1. The highest BCUT2D eigenvalue weighted by atomic mass is 35.5. The van der Waals surface area contributed by atoms with E-state index in [2.05, 4.69) is 0 Å². The van der Waals surface area contributed by atoms with E-state index in [0.29, 0.717) is 31.3 Å². The van der Waals surface area contributed by atoms with Crippen LogP contribution in [0.1, 0.15) is 18.1 Å². The average molecular weight is 229 g/mol. The molecule has 0 bridgehead atoms. The summed E-state index contributed by atoms with van der Waals surface area (Å²) in [7, 11) is 0. The molecule has 1 heterocycles. The van der Waals surface area contributed by atoms with Crippen molar-refractivity contribution < 1.29 is 14.6 Å². The van der Waals surface area contributed by atoms with Crippen molar-refractivity contribution in [1.82, 2.24) is 0 Å². The fraction of sp³-hybridized carbons (Fsp3) is 0.455. The van der Waals surface area contributed by atoms with Gasteiger partial charge in [-0.25, -0.2) is 0 Å². The van der Waals surface area contributed by atoms with E-state index < -0.39 is 6.10 Å². The minimum atomic E-state index is -0.529. The van der Waals surface area contributed by atoms with Crippen LogP contribution in [0.25, 0.3) is 0 Å². The van der Waals surface area contributed by atoms with Crippen LogP contribution in [0.2, 0.25) is 0 Å². The van der Waals surface area contributed by atoms with Crippen LogP contribution in [0.15, 0.2) is 18.2 Å². The van der Waals surface area contributed by atoms with Gasteiger partial charge in [0.25, 0.3) is 0 Å². The quantitative estimate of drug-likeness (QED) is 0.806. The van der Waals surface area contributed by atoms with E-state index in [0.717, 1.165) is 11.3 Å². The molecule has 4 heteroatoms. The van der Waals surface area contributed by atoms with Crippen LogP contribution in [0.3, 0.4) is 0 Å². The number of hydrogen-bond donors (Lipinski definition) is 1. The Morgan fingerprint density at radius 3 is 2.73 bits per heavy atom. The Morgan fingerprint density at radius 2 is 2.00 bits per heavy atom. The lowest BCUT2D eigenvalue weighted by Gasteiger charge is -2.20. The number of hydrogen-bond acceptors (Lipinski definition) is 3. The maximum atomic E-state index is 9.74. The third kappa shape index (κ3) is 2.36. The number of rotatable bonds is 3. The van der Waals surface area contributed by atoms with Crippen molar-refractivity contribution in [2.75, 3.05) is 19.1 Å². The standard InChI is InChI=1S/C11H13ClO3/c12-4-3-9(13)8-1-2-10-11(7-8)15-6-5-14-10/h1-2,7,9,13H,3-6H2. The van der Waals surface area contributed by atoms with Crippen molar-refractivity contribution in [3.63, 3.8) is 0 Å². The zero-order valence-electron chi connectivity index (χ0n) is 8.28. The molecule has 15 heavy (non-hydrogen) atoms. The molecule has 2 rings (SSSR count). The Hall–Kier alpha value is -0.930. The number of ether oxygens (including phenoxy) is 2. The van der Waals surface area contributed by atoms with Crippen LogP contribution in [-0.2, 0) is 0 Å². The molecule has 1 aliphatic heterocycles. The van der Waals surface area contributed by atoms with Crippen molar-refractivity contribution in [3.05, 3.63) is 23.8 Å². The summed E-state index contributed by atoms with van der Waals surface area (Å²) in [6.45, 7) is 1.14. The first kappa shape index (κ1) is 10.6. The molecule has 0 aliphatic carbocycles. The fourth-order valence-electron chi connectivity index (χ4n) is 1.54. The van der Waals surface area contributed by atoms with Crippen LogP contribution < -0.4 is 9.47 Å². The Bertz CT molecular complexity index is 341. The van der Waals surface area contributed by atoms with Gasteiger partial charge in [-0.3, -0.25) is 0 Å². The van der Waals surface area contributed by atoms with E-state index in [1.54, 1.807) is 0 Å². The van der Waals surface area contributed by atoms with Crippen molar-refractivity contribution >= 4 is 11.6 Å². The van der Waals surface area contributed by atoms with E-state index in [9.17, 15) is 5.11 Å². The van der Waals surface area contributed by atoms with Gasteiger partial charge in [0, 0.05) is 5.88 Å². The van der Waals surface area contributed by atoms with Gasteiger partial charge in [-0.1, -0.05) is 6.07 Å². The number of fused-ring (bicyclic) bond motifs is 1. The van der Waals surface area contributed by atoms with Crippen molar-refractivity contribution in [2.24, 2.45) is 0 Å². The molecule has 1 aromatic rings. The lowest BCUT2D eigenvalue weighted by molar-refractivity contribution is 0.163. The Labute approximate surface area is 93.6 Å². The van der Waals surface area contributed by atoms with Gasteiger partial charge in [0.2, 0.25) is 0 Å². The second-order valence-corrected chi connectivity index (χ2v) is 3.77. The molecular weight excluding hydrogens is 216 g/mol. The summed E-state index contributed by atoms with van der Waals surface area (Å²) in [5.41, 5.74) is 0.819. The molecule has 1 atom stereocenters. The molecule has 1 aliphatic rings. The summed E-state index contributed by atoms with van der Waals surface area (Å²) < 4.78 is 10.8. The molecule has 0 aromatic heterocycles. The third-order valence-corrected chi connectivity index (χ3v) is 2.55. The highest BCUT2D eigenvalue weighted by Crippen LogP contribution is 2.33. The molecule has 82 valence electrons. The monoisotopic (exact) mass is 228 g/mol. The molecule has 0 saturated heterocycles. The van der Waals surface area contributed by atoms with Gasteiger partial charge in [-0.2, -0.15) is 0 Å². The smallest absolute Gasteiger partial charge is 0.161 e. The van der Waals surface area contributed by atoms with Gasteiger partial charge in [0.1, 0.15) is 13.2 Å². The SMILES string of the molecule is OC(CCCl)c1ccc2c(c1)OCCO2. The normalized spacial score (nSPS) is 16.1. The average Bonchev–Trinajstić information content (AvgIpc) is 2.29. The summed E-state index contributed by atoms with van der Waals surface area (Å²) >= 11 is 5.57. The zero-order valence-corrected chi connectivity index (χ0v) is 9.04. The highest BCUT2D eigenvalue weighted by molar-refractivity contribution is 6.17. The molecule has 0 saturated carbocycles. The molecule has 1 unspecified atom stereocenters. The fourth-order valence-corrected chi connectivity index (χ4v) is 1.74. The zero-order chi connectivity index (χ0) is 10.7. The lowest BCUT2D eigenvalue weighted by Crippen LogP contribution is -2.15. The first-order valence-electron chi connectivity index (χ1n) is 4.95. The predicted molar refractivity (Wildman–Crippen MR) is 57.7 cm³/mol. The number of aliphatic hydroxyl groups excluding tert-OH is 1. The molecule has 1 aromatic carbocycles. The summed E-state index contributed by atoms with van der Waals surface area (Å²) in [4.78, 5) is 0. The topological polar surface area (TPSA) is 38.7 Å². The lowest BCUT2D eigenvalue weighted by atomic mass is 10.1. The van der Waals surface area contributed by atoms with Crippen LogP contribution >= 0.6 is 11.6 Å². The number of benzene rings is 1.